The van der Waals surface area contributed by atoms with Crippen LogP contribution in [0.15, 0.2) is 24.3 Å². The van der Waals surface area contributed by atoms with Crippen molar-refractivity contribution < 1.29 is 4.79 Å². The maximum absolute atomic E-state index is 12.3. The molecule has 0 saturated carbocycles. The number of carbonyl (C=O) groups excluding carboxylic acids is 1. The molecule has 0 bridgehead atoms. The van der Waals surface area contributed by atoms with Crippen molar-refractivity contribution in [3.05, 3.63) is 35.4 Å². The molecule has 0 aromatic heterocycles. The highest BCUT2D eigenvalue weighted by molar-refractivity contribution is 5.82. The van der Waals surface area contributed by atoms with E-state index in [-0.39, 0.29) is 11.9 Å². The second-order valence-electron chi connectivity index (χ2n) is 5.66. The lowest BCUT2D eigenvalue weighted by molar-refractivity contribution is -0.123. The minimum Gasteiger partial charge on any atom is -0.351 e. The zero-order valence-electron chi connectivity index (χ0n) is 11.4. The van der Waals surface area contributed by atoms with Gasteiger partial charge in [0.1, 0.15) is 0 Å². The first kappa shape index (κ1) is 12.6. The SMILES string of the molecule is CN1CCC(NC(=O)[C@@H]2Cc3ccccc3CN2)C1. The van der Waals surface area contributed by atoms with Crippen LogP contribution >= 0.6 is 0 Å². The lowest BCUT2D eigenvalue weighted by atomic mass is 9.95. The van der Waals surface area contributed by atoms with E-state index in [1.807, 2.05) is 6.07 Å². The van der Waals surface area contributed by atoms with E-state index in [4.69, 9.17) is 0 Å². The van der Waals surface area contributed by atoms with Gasteiger partial charge in [-0.15, -0.1) is 0 Å². The summed E-state index contributed by atoms with van der Waals surface area (Å²) in [5.41, 5.74) is 2.61. The van der Waals surface area contributed by atoms with E-state index in [0.717, 1.165) is 32.5 Å². The number of hydrogen-bond donors (Lipinski definition) is 2. The normalized spacial score (nSPS) is 27.0. The van der Waals surface area contributed by atoms with E-state index in [1.54, 1.807) is 0 Å². The quantitative estimate of drug-likeness (QED) is 0.814. The van der Waals surface area contributed by atoms with Crippen molar-refractivity contribution in [2.24, 2.45) is 0 Å². The molecule has 3 rings (SSSR count). The summed E-state index contributed by atoms with van der Waals surface area (Å²) in [6.45, 7) is 2.83. The molecule has 2 heterocycles. The molecule has 1 amide bonds. The van der Waals surface area contributed by atoms with E-state index in [9.17, 15) is 4.79 Å². The number of carbonyl (C=O) groups is 1. The maximum Gasteiger partial charge on any atom is 0.237 e. The van der Waals surface area contributed by atoms with E-state index in [0.29, 0.717) is 6.04 Å². The molecule has 1 aromatic rings. The summed E-state index contributed by atoms with van der Waals surface area (Å²) in [5.74, 6) is 0.148. The Labute approximate surface area is 114 Å². The van der Waals surface area contributed by atoms with Crippen LogP contribution in [0.25, 0.3) is 0 Å². The molecular formula is C15H21N3O. The van der Waals surface area contributed by atoms with Gasteiger partial charge in [0, 0.05) is 19.1 Å². The van der Waals surface area contributed by atoms with Crippen LogP contribution in [-0.2, 0) is 17.8 Å². The molecule has 4 heteroatoms. The summed E-state index contributed by atoms with van der Waals surface area (Å²) in [6, 6.07) is 8.58. The standard InChI is InChI=1S/C15H21N3O/c1-18-7-6-13(10-18)17-15(19)14-8-11-4-2-3-5-12(11)9-16-14/h2-5,13-14,16H,6-10H2,1H3,(H,17,19)/t13?,14-/m0/s1. The number of likely N-dealkylation sites (tertiary alicyclic amines) is 1. The molecule has 2 N–H and O–H groups in total. The summed E-state index contributed by atoms with van der Waals surface area (Å²) in [7, 11) is 2.10. The number of amides is 1. The highest BCUT2D eigenvalue weighted by Crippen LogP contribution is 2.16. The van der Waals surface area contributed by atoms with Crippen molar-refractivity contribution in [2.45, 2.75) is 31.5 Å². The predicted molar refractivity (Wildman–Crippen MR) is 74.8 cm³/mol. The van der Waals surface area contributed by atoms with E-state index in [1.165, 1.54) is 11.1 Å². The molecule has 19 heavy (non-hydrogen) atoms. The van der Waals surface area contributed by atoms with Crippen molar-refractivity contribution in [3.8, 4) is 0 Å². The fourth-order valence-electron chi connectivity index (χ4n) is 2.99. The third-order valence-corrected chi connectivity index (χ3v) is 4.14. The first-order valence-electron chi connectivity index (χ1n) is 7.01. The molecular weight excluding hydrogens is 238 g/mol. The predicted octanol–water partition coefficient (Wildman–Crippen LogP) is 0.521. The van der Waals surface area contributed by atoms with Crippen LogP contribution in [0.5, 0.6) is 0 Å². The van der Waals surface area contributed by atoms with Crippen LogP contribution < -0.4 is 10.6 Å². The Morgan fingerprint density at radius 2 is 2.16 bits per heavy atom. The first-order chi connectivity index (χ1) is 9.22. The summed E-state index contributed by atoms with van der Waals surface area (Å²) >= 11 is 0. The Kier molecular flexibility index (Phi) is 3.53. The lowest BCUT2D eigenvalue weighted by Gasteiger charge is -2.26. The lowest BCUT2D eigenvalue weighted by Crippen LogP contribution is -2.50. The molecule has 1 fully saturated rings. The molecule has 102 valence electrons. The minimum atomic E-state index is -0.0826. The highest BCUT2D eigenvalue weighted by atomic mass is 16.2. The topological polar surface area (TPSA) is 44.4 Å². The number of nitrogens with zero attached hydrogens (tertiary/aromatic N) is 1. The molecule has 4 nitrogen and oxygen atoms in total. The van der Waals surface area contributed by atoms with Crippen LogP contribution in [0.1, 0.15) is 17.5 Å². The van der Waals surface area contributed by atoms with Crippen LogP contribution in [0.2, 0.25) is 0 Å². The van der Waals surface area contributed by atoms with Crippen molar-refractivity contribution in [1.29, 1.82) is 0 Å². The Balaban J connectivity index is 1.60. The molecule has 1 saturated heterocycles. The summed E-state index contributed by atoms with van der Waals surface area (Å²) in [6.07, 6.45) is 1.86. The molecule has 1 unspecified atom stereocenters. The van der Waals surface area contributed by atoms with Crippen molar-refractivity contribution in [1.82, 2.24) is 15.5 Å². The Morgan fingerprint density at radius 3 is 2.89 bits per heavy atom. The maximum atomic E-state index is 12.3. The number of fused-ring (bicyclic) bond motifs is 1. The minimum absolute atomic E-state index is 0.0826. The van der Waals surface area contributed by atoms with Gasteiger partial charge in [0.2, 0.25) is 5.91 Å². The van der Waals surface area contributed by atoms with Crippen molar-refractivity contribution in [2.75, 3.05) is 20.1 Å². The highest BCUT2D eigenvalue weighted by Gasteiger charge is 2.27. The smallest absolute Gasteiger partial charge is 0.237 e. The van der Waals surface area contributed by atoms with Crippen molar-refractivity contribution in [3.63, 3.8) is 0 Å². The summed E-state index contributed by atoms with van der Waals surface area (Å²) in [5, 5.41) is 6.50. The summed E-state index contributed by atoms with van der Waals surface area (Å²) < 4.78 is 0. The molecule has 0 radical (unpaired) electrons. The number of rotatable bonds is 2. The van der Waals surface area contributed by atoms with Crippen LogP contribution in [0.3, 0.4) is 0 Å². The largest absolute Gasteiger partial charge is 0.351 e. The number of likely N-dealkylation sites (N-methyl/N-ethyl adjacent to an activating group) is 1. The second kappa shape index (κ2) is 5.31. The third-order valence-electron chi connectivity index (χ3n) is 4.14. The van der Waals surface area contributed by atoms with Gasteiger partial charge in [-0.1, -0.05) is 24.3 Å². The number of hydrogen-bond acceptors (Lipinski definition) is 3. The van der Waals surface area contributed by atoms with Gasteiger partial charge in [-0.2, -0.15) is 0 Å². The monoisotopic (exact) mass is 259 g/mol. The Hall–Kier alpha value is -1.39. The van der Waals surface area contributed by atoms with E-state index in [2.05, 4.69) is 40.8 Å². The third kappa shape index (κ3) is 2.80. The Morgan fingerprint density at radius 1 is 1.37 bits per heavy atom. The van der Waals surface area contributed by atoms with Gasteiger partial charge in [-0.05, 0) is 37.6 Å². The van der Waals surface area contributed by atoms with Gasteiger partial charge in [-0.25, -0.2) is 0 Å². The van der Waals surface area contributed by atoms with Gasteiger partial charge in [0.05, 0.1) is 6.04 Å². The molecule has 2 atom stereocenters. The molecule has 0 spiro atoms. The zero-order valence-corrected chi connectivity index (χ0v) is 11.4. The van der Waals surface area contributed by atoms with Crippen LogP contribution in [-0.4, -0.2) is 43.0 Å². The molecule has 0 aliphatic carbocycles. The fraction of sp³-hybridized carbons (Fsp3) is 0.533. The van der Waals surface area contributed by atoms with Crippen LogP contribution in [0, 0.1) is 0 Å². The fourth-order valence-corrected chi connectivity index (χ4v) is 2.99. The van der Waals surface area contributed by atoms with E-state index >= 15 is 0 Å². The number of benzene rings is 1. The first-order valence-corrected chi connectivity index (χ1v) is 7.01. The van der Waals surface area contributed by atoms with Gasteiger partial charge in [0.15, 0.2) is 0 Å². The second-order valence-corrected chi connectivity index (χ2v) is 5.66. The van der Waals surface area contributed by atoms with Gasteiger partial charge in [0.25, 0.3) is 0 Å². The average Bonchev–Trinajstić information content (AvgIpc) is 2.83. The van der Waals surface area contributed by atoms with Crippen LogP contribution in [0.4, 0.5) is 0 Å². The van der Waals surface area contributed by atoms with Gasteiger partial charge >= 0.3 is 0 Å². The van der Waals surface area contributed by atoms with Crippen molar-refractivity contribution >= 4 is 5.91 Å². The molecule has 1 aromatic carbocycles. The summed E-state index contributed by atoms with van der Waals surface area (Å²) in [4.78, 5) is 14.5. The Bertz CT molecular complexity index is 474. The average molecular weight is 259 g/mol. The zero-order chi connectivity index (χ0) is 13.2. The molecule has 2 aliphatic heterocycles. The molecule has 2 aliphatic rings. The van der Waals surface area contributed by atoms with Gasteiger partial charge in [-0.3, -0.25) is 4.79 Å². The van der Waals surface area contributed by atoms with Gasteiger partial charge < -0.3 is 15.5 Å². The number of nitrogens with one attached hydrogen (secondary N) is 2. The van der Waals surface area contributed by atoms with E-state index < -0.39 is 0 Å².